The summed E-state index contributed by atoms with van der Waals surface area (Å²) >= 11 is 3.05. The van der Waals surface area contributed by atoms with Gasteiger partial charge < -0.3 is 5.32 Å². The van der Waals surface area contributed by atoms with Crippen molar-refractivity contribution in [2.24, 2.45) is 0 Å². The maximum absolute atomic E-state index is 12.4. The van der Waals surface area contributed by atoms with Crippen molar-refractivity contribution in [1.29, 1.82) is 0 Å². The zero-order chi connectivity index (χ0) is 18.1. The predicted molar refractivity (Wildman–Crippen MR) is 109 cm³/mol. The predicted octanol–water partition coefficient (Wildman–Crippen LogP) is 5.22. The van der Waals surface area contributed by atoms with E-state index >= 15 is 0 Å². The smallest absolute Gasteiger partial charge is 0.232 e. The monoisotopic (exact) mass is 379 g/mol. The Morgan fingerprint density at radius 2 is 1.88 bits per heavy atom. The average molecular weight is 380 g/mol. The van der Waals surface area contributed by atoms with Crippen LogP contribution in [0.2, 0.25) is 0 Å². The molecule has 4 nitrogen and oxygen atoms in total. The topological polar surface area (TPSA) is 54.9 Å². The first-order valence-electron chi connectivity index (χ1n) is 8.26. The molecule has 1 amide bonds. The van der Waals surface area contributed by atoms with Crippen LogP contribution < -0.4 is 5.32 Å². The second kappa shape index (κ2) is 6.97. The van der Waals surface area contributed by atoms with Crippen LogP contribution in [0.5, 0.6) is 0 Å². The molecule has 0 atom stereocenters. The lowest BCUT2D eigenvalue weighted by atomic mass is 10.2. The highest BCUT2D eigenvalue weighted by Crippen LogP contribution is 2.28. The Bertz CT molecular complexity index is 1080. The minimum atomic E-state index is -0.0949. The summed E-state index contributed by atoms with van der Waals surface area (Å²) in [5.41, 5.74) is 5.13. The van der Waals surface area contributed by atoms with Crippen molar-refractivity contribution in [3.05, 3.63) is 64.7 Å². The number of thiazole rings is 2. The van der Waals surface area contributed by atoms with Gasteiger partial charge >= 0.3 is 0 Å². The van der Waals surface area contributed by atoms with Crippen LogP contribution in [0.4, 0.5) is 5.13 Å². The van der Waals surface area contributed by atoms with E-state index in [9.17, 15) is 4.79 Å². The molecule has 0 aliphatic carbocycles. The summed E-state index contributed by atoms with van der Waals surface area (Å²) in [6.45, 7) is 4.08. The molecule has 0 bridgehead atoms. The molecule has 2 aromatic carbocycles. The van der Waals surface area contributed by atoms with E-state index in [2.05, 4.69) is 46.5 Å². The van der Waals surface area contributed by atoms with Gasteiger partial charge in [-0.05, 0) is 25.5 Å². The van der Waals surface area contributed by atoms with Crippen molar-refractivity contribution < 1.29 is 4.79 Å². The molecule has 2 aromatic heterocycles. The van der Waals surface area contributed by atoms with Gasteiger partial charge in [0.25, 0.3) is 0 Å². The number of hydrogen-bond donors (Lipinski definition) is 1. The first kappa shape index (κ1) is 16.9. The lowest BCUT2D eigenvalue weighted by Gasteiger charge is -1.99. The minimum Gasteiger partial charge on any atom is -0.302 e. The Labute approximate surface area is 159 Å². The average Bonchev–Trinajstić information content (AvgIpc) is 3.23. The Hall–Kier alpha value is -2.57. The van der Waals surface area contributed by atoms with E-state index in [1.165, 1.54) is 16.9 Å². The zero-order valence-electron chi connectivity index (χ0n) is 14.4. The van der Waals surface area contributed by atoms with Gasteiger partial charge in [-0.1, -0.05) is 53.3 Å². The van der Waals surface area contributed by atoms with Crippen molar-refractivity contribution in [3.8, 4) is 10.6 Å². The van der Waals surface area contributed by atoms with Crippen molar-refractivity contribution in [1.82, 2.24) is 9.97 Å². The third-order valence-corrected chi connectivity index (χ3v) is 5.94. The van der Waals surface area contributed by atoms with Crippen LogP contribution >= 0.6 is 22.7 Å². The molecule has 0 unspecified atom stereocenters. The number of amides is 1. The molecule has 1 N–H and O–H groups in total. The molecule has 2 heterocycles. The molecular weight excluding hydrogens is 362 g/mol. The van der Waals surface area contributed by atoms with Gasteiger partial charge in [-0.2, -0.15) is 0 Å². The van der Waals surface area contributed by atoms with Gasteiger partial charge in [0.2, 0.25) is 5.91 Å². The second-order valence-corrected chi connectivity index (χ2v) is 8.06. The molecule has 130 valence electrons. The molecule has 0 radical (unpaired) electrons. The number of aromatic nitrogens is 2. The van der Waals surface area contributed by atoms with Gasteiger partial charge in [0.05, 0.1) is 22.3 Å². The van der Waals surface area contributed by atoms with Gasteiger partial charge in [-0.3, -0.25) is 4.79 Å². The molecule has 4 rings (SSSR count). The number of benzene rings is 2. The highest BCUT2D eigenvalue weighted by Gasteiger charge is 2.12. The maximum Gasteiger partial charge on any atom is 0.232 e. The number of carbonyl (C=O) groups is 1. The highest BCUT2D eigenvalue weighted by molar-refractivity contribution is 7.22. The molecule has 26 heavy (non-hydrogen) atoms. The molecule has 0 fully saturated rings. The molecular formula is C20H17N3OS2. The summed E-state index contributed by atoms with van der Waals surface area (Å²) in [4.78, 5) is 21.5. The summed E-state index contributed by atoms with van der Waals surface area (Å²) in [7, 11) is 0. The first-order chi connectivity index (χ1) is 12.6. The van der Waals surface area contributed by atoms with Crippen LogP contribution in [-0.4, -0.2) is 15.9 Å². The molecule has 0 saturated carbocycles. The lowest BCUT2D eigenvalue weighted by molar-refractivity contribution is -0.115. The zero-order valence-corrected chi connectivity index (χ0v) is 16.1. The SMILES string of the molecule is Cc1ccc(-c2nc(CC(=O)Nc3nc4c(C)cccc4s3)cs2)cc1. The Kier molecular flexibility index (Phi) is 4.53. The number of nitrogens with zero attached hydrogens (tertiary/aromatic N) is 2. The Balaban J connectivity index is 1.46. The van der Waals surface area contributed by atoms with E-state index in [1.807, 2.05) is 30.5 Å². The Morgan fingerprint density at radius 3 is 2.65 bits per heavy atom. The molecule has 0 spiro atoms. The highest BCUT2D eigenvalue weighted by atomic mass is 32.1. The van der Waals surface area contributed by atoms with Crippen LogP contribution in [0.25, 0.3) is 20.8 Å². The quantitative estimate of drug-likeness (QED) is 0.529. The number of rotatable bonds is 4. The maximum atomic E-state index is 12.4. The van der Waals surface area contributed by atoms with Crippen molar-refractivity contribution in [3.63, 3.8) is 0 Å². The van der Waals surface area contributed by atoms with Crippen LogP contribution in [0.15, 0.2) is 47.8 Å². The van der Waals surface area contributed by atoms with Crippen LogP contribution in [0.3, 0.4) is 0 Å². The van der Waals surface area contributed by atoms with Crippen LogP contribution in [-0.2, 0) is 11.2 Å². The van der Waals surface area contributed by atoms with Crippen molar-refractivity contribution in [2.45, 2.75) is 20.3 Å². The molecule has 6 heteroatoms. The third kappa shape index (κ3) is 3.52. The minimum absolute atomic E-state index is 0.0949. The number of fused-ring (bicyclic) bond motifs is 1. The number of carbonyl (C=O) groups excluding carboxylic acids is 1. The standard InChI is InChI=1S/C20H17N3OS2/c1-12-6-8-14(9-7-12)19-21-15(11-25-19)10-17(24)22-20-23-18-13(2)4-3-5-16(18)26-20/h3-9,11H,10H2,1-2H3,(H,22,23,24). The van der Waals surface area contributed by atoms with E-state index in [0.717, 1.165) is 32.0 Å². The first-order valence-corrected chi connectivity index (χ1v) is 9.95. The van der Waals surface area contributed by atoms with Crippen molar-refractivity contribution in [2.75, 3.05) is 5.32 Å². The van der Waals surface area contributed by atoms with Gasteiger partial charge in [0, 0.05) is 10.9 Å². The fourth-order valence-corrected chi connectivity index (χ4v) is 4.47. The summed E-state index contributed by atoms with van der Waals surface area (Å²) < 4.78 is 1.08. The summed E-state index contributed by atoms with van der Waals surface area (Å²) in [5, 5.41) is 6.40. The Morgan fingerprint density at radius 1 is 1.08 bits per heavy atom. The largest absolute Gasteiger partial charge is 0.302 e. The van der Waals surface area contributed by atoms with Gasteiger partial charge in [0.15, 0.2) is 5.13 Å². The van der Waals surface area contributed by atoms with E-state index < -0.39 is 0 Å². The van der Waals surface area contributed by atoms with E-state index in [1.54, 1.807) is 11.3 Å². The summed E-state index contributed by atoms with van der Waals surface area (Å²) in [6.07, 6.45) is 0.247. The fraction of sp³-hybridized carbons (Fsp3) is 0.150. The van der Waals surface area contributed by atoms with Crippen LogP contribution in [0, 0.1) is 13.8 Å². The van der Waals surface area contributed by atoms with Crippen molar-refractivity contribution >= 4 is 43.9 Å². The molecule has 4 aromatic rings. The molecule has 0 aliphatic heterocycles. The van der Waals surface area contributed by atoms with Gasteiger partial charge in [0.1, 0.15) is 5.01 Å². The van der Waals surface area contributed by atoms with E-state index in [-0.39, 0.29) is 12.3 Å². The van der Waals surface area contributed by atoms with E-state index in [0.29, 0.717) is 5.13 Å². The number of hydrogen-bond acceptors (Lipinski definition) is 5. The van der Waals surface area contributed by atoms with Crippen LogP contribution in [0.1, 0.15) is 16.8 Å². The second-order valence-electron chi connectivity index (χ2n) is 6.18. The van der Waals surface area contributed by atoms with E-state index in [4.69, 9.17) is 0 Å². The number of aryl methyl sites for hydroxylation is 2. The van der Waals surface area contributed by atoms with Gasteiger partial charge in [-0.25, -0.2) is 9.97 Å². The summed E-state index contributed by atoms with van der Waals surface area (Å²) in [5.74, 6) is -0.0949. The number of anilines is 1. The number of nitrogens with one attached hydrogen (secondary N) is 1. The summed E-state index contributed by atoms with van der Waals surface area (Å²) in [6, 6.07) is 14.3. The van der Waals surface area contributed by atoms with Gasteiger partial charge in [-0.15, -0.1) is 11.3 Å². The lowest BCUT2D eigenvalue weighted by Crippen LogP contribution is -2.14. The fourth-order valence-electron chi connectivity index (χ4n) is 2.68. The number of para-hydroxylation sites is 1. The third-order valence-electron chi connectivity index (χ3n) is 4.06. The molecule has 0 saturated heterocycles. The molecule has 0 aliphatic rings. The normalized spacial score (nSPS) is 11.0.